The molecular formula is C14H12N2O3S2. The number of aromatic nitrogens is 2. The molecule has 0 N–H and O–H groups in total. The molecule has 108 valence electrons. The molecule has 0 aliphatic heterocycles. The fourth-order valence-corrected chi connectivity index (χ4v) is 3.31. The zero-order valence-corrected chi connectivity index (χ0v) is 13.1. The van der Waals surface area contributed by atoms with Gasteiger partial charge in [-0.25, -0.2) is 9.78 Å². The van der Waals surface area contributed by atoms with Gasteiger partial charge in [-0.1, -0.05) is 5.16 Å². The van der Waals surface area contributed by atoms with Crippen LogP contribution in [0.25, 0.3) is 10.6 Å². The first-order valence-corrected chi connectivity index (χ1v) is 8.04. The summed E-state index contributed by atoms with van der Waals surface area (Å²) in [6.45, 7) is 3.75. The number of thiophene rings is 1. The first-order chi connectivity index (χ1) is 10.1. The molecule has 3 heterocycles. The Kier molecular flexibility index (Phi) is 3.85. The fraction of sp³-hybridized carbons (Fsp3) is 0.214. The smallest absolute Gasteiger partial charge is 0.358 e. The number of hydrogen-bond acceptors (Lipinski definition) is 7. The van der Waals surface area contributed by atoms with Crippen molar-refractivity contribution in [2.75, 3.05) is 0 Å². The van der Waals surface area contributed by atoms with E-state index in [1.807, 2.05) is 23.8 Å². The summed E-state index contributed by atoms with van der Waals surface area (Å²) in [5, 5.41) is 10.3. The molecular weight excluding hydrogens is 308 g/mol. The molecule has 0 spiro atoms. The number of rotatable bonds is 4. The maximum Gasteiger partial charge on any atom is 0.358 e. The predicted octanol–water partition coefficient (Wildman–Crippen LogP) is 3.83. The van der Waals surface area contributed by atoms with Crippen molar-refractivity contribution in [2.24, 2.45) is 0 Å². The second kappa shape index (κ2) is 5.79. The number of thiazole rings is 1. The highest BCUT2D eigenvalue weighted by atomic mass is 32.1. The van der Waals surface area contributed by atoms with Gasteiger partial charge in [0.05, 0.1) is 11.3 Å². The average molecular weight is 320 g/mol. The van der Waals surface area contributed by atoms with Gasteiger partial charge in [0.1, 0.15) is 17.4 Å². The van der Waals surface area contributed by atoms with Gasteiger partial charge < -0.3 is 9.26 Å². The molecule has 0 aliphatic carbocycles. The molecule has 0 unspecified atom stereocenters. The number of carbonyl (C=O) groups excluding carboxylic acids is 1. The summed E-state index contributed by atoms with van der Waals surface area (Å²) in [6, 6.07) is 1.97. The van der Waals surface area contributed by atoms with Crippen LogP contribution in [0.3, 0.4) is 0 Å². The molecule has 3 aromatic heterocycles. The molecule has 0 amide bonds. The summed E-state index contributed by atoms with van der Waals surface area (Å²) < 4.78 is 10.3. The minimum absolute atomic E-state index is 0.144. The van der Waals surface area contributed by atoms with Gasteiger partial charge in [0.15, 0.2) is 5.69 Å². The Labute approximate surface area is 129 Å². The molecule has 0 radical (unpaired) electrons. The number of esters is 1. The van der Waals surface area contributed by atoms with Crippen LogP contribution in [-0.2, 0) is 11.3 Å². The van der Waals surface area contributed by atoms with E-state index < -0.39 is 5.97 Å². The minimum Gasteiger partial charge on any atom is -0.456 e. The van der Waals surface area contributed by atoms with Crippen LogP contribution in [0.1, 0.15) is 27.5 Å². The molecule has 3 rings (SSSR count). The van der Waals surface area contributed by atoms with Crippen molar-refractivity contribution in [3.05, 3.63) is 44.9 Å². The molecule has 5 nitrogen and oxygen atoms in total. The van der Waals surface area contributed by atoms with Crippen LogP contribution in [0, 0.1) is 13.8 Å². The van der Waals surface area contributed by atoms with Gasteiger partial charge in [0.2, 0.25) is 0 Å². The first kappa shape index (κ1) is 14.0. The lowest BCUT2D eigenvalue weighted by atomic mass is 10.2. The third-order valence-electron chi connectivity index (χ3n) is 3.01. The predicted molar refractivity (Wildman–Crippen MR) is 80.5 cm³/mol. The Morgan fingerprint density at radius 2 is 2.24 bits per heavy atom. The first-order valence-electron chi connectivity index (χ1n) is 6.22. The van der Waals surface area contributed by atoms with Gasteiger partial charge in [-0.15, -0.1) is 11.3 Å². The van der Waals surface area contributed by atoms with Gasteiger partial charge >= 0.3 is 5.97 Å². The van der Waals surface area contributed by atoms with E-state index in [0.29, 0.717) is 11.5 Å². The van der Waals surface area contributed by atoms with Gasteiger partial charge in [-0.2, -0.15) is 11.3 Å². The van der Waals surface area contributed by atoms with E-state index >= 15 is 0 Å². The van der Waals surface area contributed by atoms with Gasteiger partial charge in [0, 0.05) is 16.3 Å². The summed E-state index contributed by atoms with van der Waals surface area (Å²) >= 11 is 3.03. The molecule has 0 saturated carbocycles. The lowest BCUT2D eigenvalue weighted by molar-refractivity contribution is 0.0465. The lowest BCUT2D eigenvalue weighted by Crippen LogP contribution is -2.06. The lowest BCUT2D eigenvalue weighted by Gasteiger charge is -2.01. The van der Waals surface area contributed by atoms with Crippen molar-refractivity contribution < 1.29 is 14.1 Å². The molecule has 3 aromatic rings. The second-order valence-corrected chi connectivity index (χ2v) is 6.07. The molecule has 0 aliphatic rings. The summed E-state index contributed by atoms with van der Waals surface area (Å²) in [5.74, 6) is 0.227. The van der Waals surface area contributed by atoms with Crippen molar-refractivity contribution in [1.82, 2.24) is 10.1 Å². The van der Waals surface area contributed by atoms with Crippen molar-refractivity contribution in [3.8, 4) is 10.6 Å². The SMILES string of the molecule is Cc1noc(C)c1COC(=O)c1csc(-c2ccsc2)n1. The van der Waals surface area contributed by atoms with Crippen LogP contribution in [0.5, 0.6) is 0 Å². The Bertz CT molecular complexity index is 740. The highest BCUT2D eigenvalue weighted by molar-refractivity contribution is 7.14. The quantitative estimate of drug-likeness (QED) is 0.683. The van der Waals surface area contributed by atoms with Crippen molar-refractivity contribution in [1.29, 1.82) is 0 Å². The molecule has 0 saturated heterocycles. The number of ether oxygens (including phenoxy) is 1. The van der Waals surface area contributed by atoms with E-state index in [-0.39, 0.29) is 6.61 Å². The Morgan fingerprint density at radius 3 is 2.90 bits per heavy atom. The molecule has 0 atom stereocenters. The van der Waals surface area contributed by atoms with Crippen molar-refractivity contribution >= 4 is 28.6 Å². The van der Waals surface area contributed by atoms with Crippen LogP contribution >= 0.6 is 22.7 Å². The Balaban J connectivity index is 1.69. The van der Waals surface area contributed by atoms with Crippen LogP contribution in [0.15, 0.2) is 26.7 Å². The van der Waals surface area contributed by atoms with E-state index in [0.717, 1.165) is 21.8 Å². The maximum atomic E-state index is 12.0. The van der Waals surface area contributed by atoms with E-state index in [9.17, 15) is 4.79 Å². The van der Waals surface area contributed by atoms with Gasteiger partial charge in [-0.05, 0) is 25.3 Å². The monoisotopic (exact) mass is 320 g/mol. The maximum absolute atomic E-state index is 12.0. The minimum atomic E-state index is -0.437. The normalized spacial score (nSPS) is 10.8. The number of carbonyl (C=O) groups is 1. The number of hydrogen-bond donors (Lipinski definition) is 0. The standard InChI is InChI=1S/C14H12N2O3S2/c1-8-11(9(2)19-16-8)5-18-14(17)12-7-21-13(15-12)10-3-4-20-6-10/h3-4,6-7H,5H2,1-2H3. The van der Waals surface area contributed by atoms with E-state index in [1.165, 1.54) is 11.3 Å². The van der Waals surface area contributed by atoms with E-state index in [2.05, 4.69) is 10.1 Å². The Hall–Kier alpha value is -1.99. The number of nitrogens with zero attached hydrogens (tertiary/aromatic N) is 2. The molecule has 0 fully saturated rings. The highest BCUT2D eigenvalue weighted by Gasteiger charge is 2.16. The summed E-state index contributed by atoms with van der Waals surface area (Å²) in [5.41, 5.74) is 2.89. The Morgan fingerprint density at radius 1 is 1.38 bits per heavy atom. The zero-order valence-electron chi connectivity index (χ0n) is 11.5. The molecule has 0 aromatic carbocycles. The van der Waals surface area contributed by atoms with E-state index in [1.54, 1.807) is 23.6 Å². The zero-order chi connectivity index (χ0) is 14.8. The largest absolute Gasteiger partial charge is 0.456 e. The molecule has 21 heavy (non-hydrogen) atoms. The van der Waals surface area contributed by atoms with Gasteiger partial charge in [-0.3, -0.25) is 0 Å². The topological polar surface area (TPSA) is 65.2 Å². The highest BCUT2D eigenvalue weighted by Crippen LogP contribution is 2.26. The van der Waals surface area contributed by atoms with Gasteiger partial charge in [0.25, 0.3) is 0 Å². The summed E-state index contributed by atoms with van der Waals surface area (Å²) in [4.78, 5) is 16.3. The van der Waals surface area contributed by atoms with Crippen molar-refractivity contribution in [3.63, 3.8) is 0 Å². The summed E-state index contributed by atoms with van der Waals surface area (Å²) in [6.07, 6.45) is 0. The average Bonchev–Trinajstić information content (AvgIpc) is 3.18. The number of aryl methyl sites for hydroxylation is 2. The van der Waals surface area contributed by atoms with Crippen LogP contribution < -0.4 is 0 Å². The summed E-state index contributed by atoms with van der Waals surface area (Å²) in [7, 11) is 0. The van der Waals surface area contributed by atoms with Crippen molar-refractivity contribution in [2.45, 2.75) is 20.5 Å². The fourth-order valence-electron chi connectivity index (χ4n) is 1.81. The second-order valence-electron chi connectivity index (χ2n) is 4.43. The van der Waals surface area contributed by atoms with Crippen LogP contribution in [0.2, 0.25) is 0 Å². The molecule has 0 bridgehead atoms. The van der Waals surface area contributed by atoms with Crippen LogP contribution in [0.4, 0.5) is 0 Å². The van der Waals surface area contributed by atoms with Crippen LogP contribution in [-0.4, -0.2) is 16.1 Å². The van der Waals surface area contributed by atoms with E-state index in [4.69, 9.17) is 9.26 Å². The third-order valence-corrected chi connectivity index (χ3v) is 4.58. The third kappa shape index (κ3) is 2.88. The molecule has 7 heteroatoms.